The van der Waals surface area contributed by atoms with Crippen molar-refractivity contribution in [2.24, 2.45) is 0 Å². The van der Waals surface area contributed by atoms with Gasteiger partial charge in [0, 0.05) is 38.2 Å². The van der Waals surface area contributed by atoms with Gasteiger partial charge in [0.2, 0.25) is 5.95 Å². The van der Waals surface area contributed by atoms with E-state index in [1.54, 1.807) is 0 Å². The van der Waals surface area contributed by atoms with Crippen molar-refractivity contribution >= 4 is 43.6 Å². The Labute approximate surface area is 393 Å². The Morgan fingerprint density at radius 3 is 1.28 bits per heavy atom. The second-order valence-electron chi connectivity index (χ2n) is 17.2. The Hall–Kier alpha value is -9.19. The standard InChI is InChI=1S/C63H41N5/c1-5-17-42(18-6-1)45-29-33-47(34-30-45)51-38-37-50(44-21-9-3-10-22-44)41-58(51)67-56-28-16-14-26-54(56)59-57(67)40-39-53-52-25-13-15-27-55(52)68(60(53)59)63-65-61(48-23-11-4-12-24-48)64-62(66-63)49-35-31-46(32-36-49)43-19-7-2-8-20-43/h1-41H. The van der Waals surface area contributed by atoms with Crippen LogP contribution in [0.3, 0.4) is 0 Å². The van der Waals surface area contributed by atoms with Gasteiger partial charge in [-0.3, -0.25) is 4.57 Å². The van der Waals surface area contributed by atoms with E-state index in [2.05, 4.69) is 234 Å². The van der Waals surface area contributed by atoms with Crippen LogP contribution in [-0.4, -0.2) is 24.1 Å². The number of para-hydroxylation sites is 2. The number of rotatable bonds is 8. The zero-order valence-electron chi connectivity index (χ0n) is 36.9. The molecule has 13 rings (SSSR count). The molecule has 0 radical (unpaired) electrons. The molecule has 318 valence electrons. The van der Waals surface area contributed by atoms with Crippen molar-refractivity contribution in [3.05, 3.63) is 249 Å². The van der Waals surface area contributed by atoms with Gasteiger partial charge >= 0.3 is 0 Å². The van der Waals surface area contributed by atoms with Gasteiger partial charge in [-0.05, 0) is 63.2 Å². The highest BCUT2D eigenvalue weighted by atomic mass is 15.2. The summed E-state index contributed by atoms with van der Waals surface area (Å²) in [6.45, 7) is 0. The highest BCUT2D eigenvalue weighted by Crippen LogP contribution is 2.44. The molecule has 5 heteroatoms. The van der Waals surface area contributed by atoms with Gasteiger partial charge in [-0.15, -0.1) is 0 Å². The highest BCUT2D eigenvalue weighted by Gasteiger charge is 2.24. The van der Waals surface area contributed by atoms with E-state index in [0.717, 1.165) is 93.8 Å². The van der Waals surface area contributed by atoms with E-state index in [0.29, 0.717) is 17.6 Å². The lowest BCUT2D eigenvalue weighted by Gasteiger charge is -2.17. The summed E-state index contributed by atoms with van der Waals surface area (Å²) in [6.07, 6.45) is 0. The molecule has 0 fully saturated rings. The second-order valence-corrected chi connectivity index (χ2v) is 17.2. The third kappa shape index (κ3) is 6.68. The van der Waals surface area contributed by atoms with Crippen LogP contribution in [0.1, 0.15) is 0 Å². The molecule has 10 aromatic carbocycles. The maximum atomic E-state index is 5.39. The monoisotopic (exact) mass is 867 g/mol. The normalized spacial score (nSPS) is 11.5. The second kappa shape index (κ2) is 16.4. The number of fused-ring (bicyclic) bond motifs is 7. The van der Waals surface area contributed by atoms with Crippen LogP contribution in [0.2, 0.25) is 0 Å². The van der Waals surface area contributed by atoms with Gasteiger partial charge in [-0.1, -0.05) is 224 Å². The van der Waals surface area contributed by atoms with Gasteiger partial charge in [0.05, 0.1) is 27.8 Å². The lowest BCUT2D eigenvalue weighted by atomic mass is 9.96. The van der Waals surface area contributed by atoms with Crippen molar-refractivity contribution in [1.29, 1.82) is 0 Å². The average molecular weight is 868 g/mol. The molecule has 3 aromatic heterocycles. The Bertz CT molecular complexity index is 3970. The van der Waals surface area contributed by atoms with Gasteiger partial charge in [-0.25, -0.2) is 4.98 Å². The van der Waals surface area contributed by atoms with Crippen molar-refractivity contribution in [3.8, 4) is 78.9 Å². The summed E-state index contributed by atoms with van der Waals surface area (Å²) >= 11 is 0. The van der Waals surface area contributed by atoms with Crippen molar-refractivity contribution < 1.29 is 0 Å². The molecule has 68 heavy (non-hydrogen) atoms. The number of hydrogen-bond acceptors (Lipinski definition) is 3. The lowest BCUT2D eigenvalue weighted by molar-refractivity contribution is 0.955. The minimum absolute atomic E-state index is 0.557. The summed E-state index contributed by atoms with van der Waals surface area (Å²) in [4.78, 5) is 15.9. The van der Waals surface area contributed by atoms with Crippen molar-refractivity contribution in [3.63, 3.8) is 0 Å². The predicted octanol–water partition coefficient (Wildman–Crippen LogP) is 16.1. The van der Waals surface area contributed by atoms with Gasteiger partial charge in [0.15, 0.2) is 11.6 Å². The first-order chi connectivity index (χ1) is 33.7. The summed E-state index contributed by atoms with van der Waals surface area (Å²) in [6, 6.07) is 88.3. The van der Waals surface area contributed by atoms with E-state index < -0.39 is 0 Å². The maximum Gasteiger partial charge on any atom is 0.238 e. The van der Waals surface area contributed by atoms with Crippen molar-refractivity contribution in [1.82, 2.24) is 24.1 Å². The van der Waals surface area contributed by atoms with Crippen LogP contribution in [0.25, 0.3) is 123 Å². The summed E-state index contributed by atoms with van der Waals surface area (Å²) in [5.41, 5.74) is 16.5. The molecule has 0 spiro atoms. The van der Waals surface area contributed by atoms with Crippen LogP contribution >= 0.6 is 0 Å². The summed E-state index contributed by atoms with van der Waals surface area (Å²) in [5, 5.41) is 4.52. The van der Waals surface area contributed by atoms with Crippen LogP contribution in [0.5, 0.6) is 0 Å². The molecule has 0 saturated heterocycles. The SMILES string of the molecule is c1ccc(-c2ccc(-c3nc(-c4ccccc4)nc(-n4c5ccccc5c5ccc6c(c7ccccc7n6-c6cc(-c7ccccc7)ccc6-c6ccc(-c7ccccc7)cc6)c54)n3)cc2)cc1. The van der Waals surface area contributed by atoms with Crippen LogP contribution in [-0.2, 0) is 0 Å². The molecule has 0 aliphatic rings. The predicted molar refractivity (Wildman–Crippen MR) is 281 cm³/mol. The largest absolute Gasteiger partial charge is 0.309 e. The minimum Gasteiger partial charge on any atom is -0.309 e. The third-order valence-electron chi connectivity index (χ3n) is 13.2. The number of benzene rings is 10. The quantitative estimate of drug-likeness (QED) is 0.153. The maximum absolute atomic E-state index is 5.39. The third-order valence-corrected chi connectivity index (χ3v) is 13.2. The topological polar surface area (TPSA) is 48.5 Å². The van der Waals surface area contributed by atoms with Gasteiger partial charge < -0.3 is 4.57 Å². The first-order valence-electron chi connectivity index (χ1n) is 23.0. The zero-order chi connectivity index (χ0) is 45.0. The molecule has 0 unspecified atom stereocenters. The van der Waals surface area contributed by atoms with E-state index in [1.165, 1.54) is 11.1 Å². The van der Waals surface area contributed by atoms with E-state index in [4.69, 9.17) is 15.0 Å². The number of hydrogen-bond donors (Lipinski definition) is 0. The van der Waals surface area contributed by atoms with Crippen LogP contribution in [0, 0.1) is 0 Å². The first kappa shape index (κ1) is 39.2. The molecule has 0 atom stereocenters. The number of aromatic nitrogens is 5. The van der Waals surface area contributed by atoms with E-state index in [-0.39, 0.29) is 0 Å². The molecule has 0 aliphatic heterocycles. The fraction of sp³-hybridized carbons (Fsp3) is 0. The first-order valence-corrected chi connectivity index (χ1v) is 23.0. The summed E-state index contributed by atoms with van der Waals surface area (Å²) in [5.74, 6) is 1.77. The number of nitrogens with zero attached hydrogens (tertiary/aromatic N) is 5. The zero-order valence-corrected chi connectivity index (χ0v) is 36.9. The molecule has 0 aliphatic carbocycles. The molecule has 0 saturated carbocycles. The molecule has 0 N–H and O–H groups in total. The molecule has 13 aromatic rings. The average Bonchev–Trinajstić information content (AvgIpc) is 3.95. The molecular formula is C63H41N5. The summed E-state index contributed by atoms with van der Waals surface area (Å²) in [7, 11) is 0. The van der Waals surface area contributed by atoms with E-state index in [1.807, 2.05) is 24.3 Å². The molecular weight excluding hydrogens is 827 g/mol. The Balaban J connectivity index is 1.08. The van der Waals surface area contributed by atoms with Gasteiger partial charge in [-0.2, -0.15) is 9.97 Å². The minimum atomic E-state index is 0.557. The molecule has 5 nitrogen and oxygen atoms in total. The van der Waals surface area contributed by atoms with Crippen LogP contribution in [0.15, 0.2) is 249 Å². The summed E-state index contributed by atoms with van der Waals surface area (Å²) < 4.78 is 4.73. The Morgan fingerprint density at radius 1 is 0.265 bits per heavy atom. The van der Waals surface area contributed by atoms with Crippen molar-refractivity contribution in [2.75, 3.05) is 0 Å². The molecule has 0 bridgehead atoms. The van der Waals surface area contributed by atoms with E-state index in [9.17, 15) is 0 Å². The fourth-order valence-electron chi connectivity index (χ4n) is 9.97. The van der Waals surface area contributed by atoms with Gasteiger partial charge in [0.25, 0.3) is 0 Å². The molecule has 0 amide bonds. The van der Waals surface area contributed by atoms with Crippen LogP contribution < -0.4 is 0 Å². The lowest BCUT2D eigenvalue weighted by Crippen LogP contribution is -2.06. The van der Waals surface area contributed by atoms with E-state index >= 15 is 0 Å². The molecule has 3 heterocycles. The fourth-order valence-corrected chi connectivity index (χ4v) is 9.97. The highest BCUT2D eigenvalue weighted by molar-refractivity contribution is 6.26. The van der Waals surface area contributed by atoms with Gasteiger partial charge in [0.1, 0.15) is 0 Å². The smallest absolute Gasteiger partial charge is 0.238 e. The van der Waals surface area contributed by atoms with Crippen LogP contribution in [0.4, 0.5) is 0 Å². The Kier molecular flexibility index (Phi) is 9.43. The van der Waals surface area contributed by atoms with Crippen molar-refractivity contribution in [2.45, 2.75) is 0 Å². The Morgan fingerprint density at radius 2 is 0.691 bits per heavy atom.